The molecule has 0 bridgehead atoms. The van der Waals surface area contributed by atoms with Crippen LogP contribution in [-0.2, 0) is 16.0 Å². The maximum atomic E-state index is 12.6. The van der Waals surface area contributed by atoms with Crippen LogP contribution in [0, 0.1) is 5.92 Å². The number of anilines is 1. The molecule has 2 aliphatic rings. The lowest BCUT2D eigenvalue weighted by Crippen LogP contribution is -2.35. The van der Waals surface area contributed by atoms with Gasteiger partial charge in [-0.1, -0.05) is 6.07 Å². The van der Waals surface area contributed by atoms with E-state index in [1.54, 1.807) is 6.07 Å². The zero-order valence-electron chi connectivity index (χ0n) is 12.2. The molecular formula is C16H20N2O3. The highest BCUT2D eigenvalue weighted by Gasteiger charge is 2.24. The number of fused-ring (bicyclic) bond motifs is 1. The molecular weight excluding hydrogens is 268 g/mol. The van der Waals surface area contributed by atoms with Gasteiger partial charge in [-0.05, 0) is 31.0 Å². The Morgan fingerprint density at radius 1 is 1.48 bits per heavy atom. The highest BCUT2D eigenvalue weighted by Crippen LogP contribution is 2.25. The Labute approximate surface area is 124 Å². The fourth-order valence-corrected chi connectivity index (χ4v) is 2.92. The van der Waals surface area contributed by atoms with Gasteiger partial charge >= 0.3 is 0 Å². The van der Waals surface area contributed by atoms with Crippen molar-refractivity contribution in [3.63, 3.8) is 0 Å². The Morgan fingerprint density at radius 2 is 2.33 bits per heavy atom. The van der Waals surface area contributed by atoms with Crippen LogP contribution < -0.4 is 5.32 Å². The van der Waals surface area contributed by atoms with Gasteiger partial charge in [-0.2, -0.15) is 0 Å². The smallest absolute Gasteiger partial charge is 0.253 e. The first kappa shape index (κ1) is 14.1. The molecule has 1 atom stereocenters. The largest absolute Gasteiger partial charge is 0.381 e. The molecule has 0 saturated carbocycles. The van der Waals surface area contributed by atoms with Crippen molar-refractivity contribution in [3.8, 4) is 0 Å². The minimum atomic E-state index is -0.00921. The van der Waals surface area contributed by atoms with Crippen molar-refractivity contribution in [2.75, 3.05) is 31.6 Å². The summed E-state index contributed by atoms with van der Waals surface area (Å²) in [5.74, 6) is 0.446. The first-order valence-electron chi connectivity index (χ1n) is 7.47. The van der Waals surface area contributed by atoms with Gasteiger partial charge in [0.1, 0.15) is 0 Å². The Morgan fingerprint density at radius 3 is 3.05 bits per heavy atom. The topological polar surface area (TPSA) is 58.6 Å². The van der Waals surface area contributed by atoms with E-state index in [0.717, 1.165) is 37.4 Å². The number of carbonyl (C=O) groups excluding carboxylic acids is 2. The van der Waals surface area contributed by atoms with Crippen LogP contribution in [-0.4, -0.2) is 43.0 Å². The molecule has 1 aromatic rings. The molecule has 5 heteroatoms. The average molecular weight is 288 g/mol. The van der Waals surface area contributed by atoms with Crippen LogP contribution in [0.4, 0.5) is 5.69 Å². The van der Waals surface area contributed by atoms with E-state index in [0.29, 0.717) is 24.4 Å². The second-order valence-electron chi connectivity index (χ2n) is 5.67. The number of hydrogen-bond donors (Lipinski definition) is 1. The van der Waals surface area contributed by atoms with Crippen LogP contribution in [0.5, 0.6) is 0 Å². The number of hydrogen-bond acceptors (Lipinski definition) is 3. The molecule has 2 aliphatic heterocycles. The minimum Gasteiger partial charge on any atom is -0.381 e. The van der Waals surface area contributed by atoms with Crippen molar-refractivity contribution in [3.05, 3.63) is 29.3 Å². The molecule has 0 radical (unpaired) electrons. The Hall–Kier alpha value is -1.88. The van der Waals surface area contributed by atoms with Crippen LogP contribution in [0.15, 0.2) is 18.2 Å². The van der Waals surface area contributed by atoms with Crippen LogP contribution >= 0.6 is 0 Å². The lowest BCUT2D eigenvalue weighted by atomic mass is 10.1. The monoisotopic (exact) mass is 288 g/mol. The van der Waals surface area contributed by atoms with Crippen molar-refractivity contribution in [1.29, 1.82) is 0 Å². The van der Waals surface area contributed by atoms with Crippen molar-refractivity contribution in [2.45, 2.75) is 19.8 Å². The molecule has 112 valence electrons. The van der Waals surface area contributed by atoms with E-state index in [1.165, 1.54) is 0 Å². The summed E-state index contributed by atoms with van der Waals surface area (Å²) in [5.41, 5.74) is 2.37. The first-order chi connectivity index (χ1) is 10.2. The fraction of sp³-hybridized carbons (Fsp3) is 0.500. The SMILES string of the molecule is CCN(CC1CCOC1)C(=O)c1ccc2c(c1)NC(=O)C2. The predicted octanol–water partition coefficient (Wildman–Crippen LogP) is 1.68. The molecule has 1 N–H and O–H groups in total. The van der Waals surface area contributed by atoms with Gasteiger partial charge in [-0.15, -0.1) is 0 Å². The van der Waals surface area contributed by atoms with E-state index in [-0.39, 0.29) is 11.8 Å². The second-order valence-corrected chi connectivity index (χ2v) is 5.67. The fourth-order valence-electron chi connectivity index (χ4n) is 2.92. The summed E-state index contributed by atoms with van der Waals surface area (Å²) in [4.78, 5) is 25.9. The second kappa shape index (κ2) is 5.85. The van der Waals surface area contributed by atoms with Crippen LogP contribution in [0.1, 0.15) is 29.3 Å². The molecule has 0 spiro atoms. The average Bonchev–Trinajstić information content (AvgIpc) is 3.11. The van der Waals surface area contributed by atoms with Crippen molar-refractivity contribution >= 4 is 17.5 Å². The molecule has 1 saturated heterocycles. The quantitative estimate of drug-likeness (QED) is 0.917. The lowest BCUT2D eigenvalue weighted by molar-refractivity contribution is -0.115. The summed E-state index contributed by atoms with van der Waals surface area (Å²) in [6.45, 7) is 4.94. The molecule has 1 fully saturated rings. The van der Waals surface area contributed by atoms with Gasteiger partial charge in [0.15, 0.2) is 0 Å². The molecule has 3 rings (SSSR count). The van der Waals surface area contributed by atoms with Gasteiger partial charge in [0.2, 0.25) is 5.91 Å². The summed E-state index contributed by atoms with van der Waals surface area (Å²) >= 11 is 0. The van der Waals surface area contributed by atoms with Gasteiger partial charge in [0.25, 0.3) is 5.91 Å². The third-order valence-electron chi connectivity index (χ3n) is 4.15. The van der Waals surface area contributed by atoms with Crippen molar-refractivity contribution < 1.29 is 14.3 Å². The van der Waals surface area contributed by atoms with Crippen molar-refractivity contribution in [2.24, 2.45) is 5.92 Å². The standard InChI is InChI=1S/C16H20N2O3/c1-2-18(9-11-5-6-21-10-11)16(20)13-4-3-12-8-15(19)17-14(12)7-13/h3-4,7,11H,2,5-6,8-10H2,1H3,(H,17,19). The van der Waals surface area contributed by atoms with Gasteiger partial charge in [-0.25, -0.2) is 0 Å². The van der Waals surface area contributed by atoms with E-state index >= 15 is 0 Å². The predicted molar refractivity (Wildman–Crippen MR) is 79.3 cm³/mol. The maximum absolute atomic E-state index is 12.6. The summed E-state index contributed by atoms with van der Waals surface area (Å²) in [6, 6.07) is 5.47. The third-order valence-corrected chi connectivity index (χ3v) is 4.15. The number of ether oxygens (including phenoxy) is 1. The Bertz CT molecular complexity index is 565. The van der Waals surface area contributed by atoms with Gasteiger partial charge in [0, 0.05) is 36.9 Å². The van der Waals surface area contributed by atoms with E-state index in [4.69, 9.17) is 4.74 Å². The number of carbonyl (C=O) groups is 2. The zero-order chi connectivity index (χ0) is 14.8. The van der Waals surface area contributed by atoms with Gasteiger partial charge < -0.3 is 15.0 Å². The van der Waals surface area contributed by atoms with Crippen LogP contribution in [0.3, 0.4) is 0 Å². The first-order valence-corrected chi connectivity index (χ1v) is 7.47. The number of nitrogens with one attached hydrogen (secondary N) is 1. The molecule has 0 aromatic heterocycles. The molecule has 1 aromatic carbocycles. The summed E-state index contributed by atoms with van der Waals surface area (Å²) in [5, 5.41) is 2.79. The van der Waals surface area contributed by atoms with E-state index in [2.05, 4.69) is 5.32 Å². The van der Waals surface area contributed by atoms with E-state index in [1.807, 2.05) is 24.0 Å². The number of amides is 2. The molecule has 2 heterocycles. The number of rotatable bonds is 4. The van der Waals surface area contributed by atoms with Crippen molar-refractivity contribution in [1.82, 2.24) is 4.90 Å². The third kappa shape index (κ3) is 2.93. The Balaban J connectivity index is 1.74. The maximum Gasteiger partial charge on any atom is 0.253 e. The summed E-state index contributed by atoms with van der Waals surface area (Å²) in [6.07, 6.45) is 1.42. The zero-order valence-corrected chi connectivity index (χ0v) is 12.2. The van der Waals surface area contributed by atoms with E-state index in [9.17, 15) is 9.59 Å². The number of nitrogens with zero attached hydrogens (tertiary/aromatic N) is 1. The Kier molecular flexibility index (Phi) is 3.92. The summed E-state index contributed by atoms with van der Waals surface area (Å²) < 4.78 is 5.37. The normalized spacial score (nSPS) is 20.2. The molecule has 5 nitrogen and oxygen atoms in total. The molecule has 21 heavy (non-hydrogen) atoms. The lowest BCUT2D eigenvalue weighted by Gasteiger charge is -2.24. The van der Waals surface area contributed by atoms with Gasteiger partial charge in [-0.3, -0.25) is 9.59 Å². The van der Waals surface area contributed by atoms with Crippen LogP contribution in [0.2, 0.25) is 0 Å². The minimum absolute atomic E-state index is 0.00921. The van der Waals surface area contributed by atoms with Crippen LogP contribution in [0.25, 0.3) is 0 Å². The van der Waals surface area contributed by atoms with E-state index < -0.39 is 0 Å². The molecule has 2 amide bonds. The highest BCUT2D eigenvalue weighted by molar-refractivity contribution is 6.02. The number of benzene rings is 1. The summed E-state index contributed by atoms with van der Waals surface area (Å²) in [7, 11) is 0. The molecule has 0 aliphatic carbocycles. The highest BCUT2D eigenvalue weighted by atomic mass is 16.5. The molecule has 1 unspecified atom stereocenters. The van der Waals surface area contributed by atoms with Gasteiger partial charge in [0.05, 0.1) is 13.0 Å².